The molecule has 60 heavy (non-hydrogen) atoms. The maximum Gasteiger partial charge on any atom is 0.334 e. The molecule has 0 bridgehead atoms. The van der Waals surface area contributed by atoms with Gasteiger partial charge < -0.3 is 9.13 Å². The van der Waals surface area contributed by atoms with Crippen molar-refractivity contribution in [3.05, 3.63) is 190 Å². The second-order valence-electron chi connectivity index (χ2n) is 15.6. The van der Waals surface area contributed by atoms with Crippen LogP contribution in [-0.2, 0) is 35.8 Å². The van der Waals surface area contributed by atoms with Crippen LogP contribution in [-0.4, -0.2) is 36.8 Å². The van der Waals surface area contributed by atoms with Crippen molar-refractivity contribution in [3.63, 3.8) is 0 Å². The van der Waals surface area contributed by atoms with Gasteiger partial charge in [-0.25, -0.2) is 4.79 Å². The van der Waals surface area contributed by atoms with E-state index in [0.717, 1.165) is 56.8 Å². The molecule has 7 nitrogen and oxygen atoms in total. The van der Waals surface area contributed by atoms with Crippen LogP contribution in [0.5, 0.6) is 0 Å². The normalized spacial score (nSPS) is 17.2. The molecule has 1 saturated carbocycles. The number of rotatable bonds is 8. The van der Waals surface area contributed by atoms with Crippen molar-refractivity contribution in [1.82, 2.24) is 18.9 Å². The topological polar surface area (TPSA) is 67.6 Å². The third kappa shape index (κ3) is 6.08. The molecular weight excluding hydrogens is 741 g/mol. The highest BCUT2D eigenvalue weighted by Gasteiger charge is 2.45. The van der Waals surface area contributed by atoms with Gasteiger partial charge in [-0.15, -0.1) is 0 Å². The number of aromatic nitrogens is 2. The summed E-state index contributed by atoms with van der Waals surface area (Å²) in [6.45, 7) is 5.96. The second kappa shape index (κ2) is 15.2. The average molecular weight is 785 g/mol. The summed E-state index contributed by atoms with van der Waals surface area (Å²) in [5, 5.41) is 9.28. The van der Waals surface area contributed by atoms with E-state index in [1.54, 1.807) is 0 Å². The van der Waals surface area contributed by atoms with Gasteiger partial charge >= 0.3 is 6.03 Å². The molecule has 0 N–H and O–H groups in total. The summed E-state index contributed by atoms with van der Waals surface area (Å²) in [5.41, 5.74) is 6.36. The van der Waals surface area contributed by atoms with E-state index in [0.29, 0.717) is 18.4 Å². The fourth-order valence-corrected chi connectivity index (χ4v) is 9.55. The molecule has 3 heterocycles. The number of carbonyl (C=O) groups is 3. The van der Waals surface area contributed by atoms with Crippen molar-refractivity contribution < 1.29 is 14.4 Å². The van der Waals surface area contributed by atoms with Crippen LogP contribution in [0.4, 0.5) is 4.79 Å². The fraction of sp³-hybridized carbons (Fsp3) is 0.151. The first-order valence-electron chi connectivity index (χ1n) is 20.9. The van der Waals surface area contributed by atoms with Gasteiger partial charge in [-0.1, -0.05) is 133 Å². The predicted molar refractivity (Wildman–Crippen MR) is 241 cm³/mol. The highest BCUT2D eigenvalue weighted by atomic mass is 16.2. The Morgan fingerprint density at radius 2 is 0.883 bits per heavy atom. The summed E-state index contributed by atoms with van der Waals surface area (Å²) in [5.74, 6) is -1.15. The Bertz CT molecular complexity index is 3010. The molecule has 1 aliphatic heterocycles. The number of amides is 4. The first kappa shape index (κ1) is 37.0. The lowest BCUT2D eigenvalue weighted by Crippen LogP contribution is -2.55. The van der Waals surface area contributed by atoms with Crippen LogP contribution in [0.3, 0.4) is 0 Å². The highest BCUT2D eigenvalue weighted by molar-refractivity contribution is 6.30. The quantitative estimate of drug-likeness (QED) is 0.114. The van der Waals surface area contributed by atoms with E-state index in [2.05, 4.69) is 120 Å². The molecule has 0 atom stereocenters. The van der Waals surface area contributed by atoms with Crippen molar-refractivity contribution >= 4 is 73.3 Å². The minimum atomic E-state index is -0.619. The predicted octanol–water partition coefficient (Wildman–Crippen LogP) is 9.78. The van der Waals surface area contributed by atoms with Crippen molar-refractivity contribution in [2.45, 2.75) is 52.9 Å². The van der Waals surface area contributed by atoms with Gasteiger partial charge in [0, 0.05) is 56.4 Å². The number of benzene rings is 6. The third-order valence-electron chi connectivity index (χ3n) is 12.3. The molecule has 6 aromatic carbocycles. The van der Waals surface area contributed by atoms with Crippen LogP contribution in [0.2, 0.25) is 0 Å². The molecule has 2 fully saturated rings. The molecule has 0 spiro atoms. The van der Waals surface area contributed by atoms with E-state index in [-0.39, 0.29) is 18.7 Å². The van der Waals surface area contributed by atoms with Gasteiger partial charge in [0.25, 0.3) is 11.8 Å². The van der Waals surface area contributed by atoms with Gasteiger partial charge in [-0.2, -0.15) is 0 Å². The molecule has 0 unspecified atom stereocenters. The summed E-state index contributed by atoms with van der Waals surface area (Å²) in [4.78, 5) is 46.8. The summed E-state index contributed by atoms with van der Waals surface area (Å²) < 4.78 is 4.66. The molecule has 0 radical (unpaired) electrons. The van der Waals surface area contributed by atoms with Crippen LogP contribution in [0.15, 0.2) is 168 Å². The van der Waals surface area contributed by atoms with Crippen LogP contribution in [0.25, 0.3) is 55.5 Å². The minimum Gasteiger partial charge on any atom is -0.341 e. The lowest BCUT2D eigenvalue weighted by molar-refractivity contribution is -0.136. The molecule has 10 rings (SSSR count). The van der Waals surface area contributed by atoms with E-state index in [1.807, 2.05) is 60.7 Å². The SMILES string of the molecule is CCn1c(=C/C=C2\CC/C(=C/C=c3/c4cccc5cccc(c54)n3CC)C2=C2C(=O)N(Cc3ccccc3)C(=O)N(Cc3ccccc3)C2=O)c2cccc3cccc1c32. The monoisotopic (exact) mass is 784 g/mol. The zero-order valence-corrected chi connectivity index (χ0v) is 33.8. The molecule has 1 saturated heterocycles. The number of allylic oxidation sites excluding steroid dienone is 5. The lowest BCUT2D eigenvalue weighted by atomic mass is 9.94. The summed E-state index contributed by atoms with van der Waals surface area (Å²) in [7, 11) is 0. The van der Waals surface area contributed by atoms with E-state index in [1.165, 1.54) is 42.4 Å². The van der Waals surface area contributed by atoms with Gasteiger partial charge in [0.1, 0.15) is 5.57 Å². The lowest BCUT2D eigenvalue weighted by Gasteiger charge is -2.35. The Morgan fingerprint density at radius 3 is 1.30 bits per heavy atom. The average Bonchev–Trinajstić information content (AvgIpc) is 3.93. The Hall–Kier alpha value is -7.25. The molecule has 1 aliphatic carbocycles. The summed E-state index contributed by atoms with van der Waals surface area (Å²) in [6, 6.07) is 44.0. The number of urea groups is 1. The molecular formula is C53H44N4O3. The van der Waals surface area contributed by atoms with Crippen molar-refractivity contribution in [1.29, 1.82) is 0 Å². The molecule has 4 amide bonds. The fourth-order valence-electron chi connectivity index (χ4n) is 9.55. The summed E-state index contributed by atoms with van der Waals surface area (Å²) in [6.07, 6.45) is 9.75. The number of aryl methyl sites for hydroxylation is 2. The van der Waals surface area contributed by atoms with Crippen molar-refractivity contribution in [3.8, 4) is 0 Å². The van der Waals surface area contributed by atoms with Crippen LogP contribution < -0.4 is 10.7 Å². The van der Waals surface area contributed by atoms with Crippen LogP contribution >= 0.6 is 0 Å². The standard InChI is InChI=1S/C53H44N4O3/c1-3-54-43(41-23-11-19-37-21-13-25-45(54)48(37)41)31-29-39-27-28-40(30-32-44-42-24-12-20-38-22-14-26-46(49(38)42)55(44)4-2)47(39)50-51(58)56(33-35-15-7-5-8-16-35)53(60)57(52(50)59)34-36-17-9-6-10-18-36/h5-26,29-32H,3-4,27-28,33-34H2,1-2H3/b39-29-,40-30+,43-31-,44-32?. The smallest absolute Gasteiger partial charge is 0.334 e. The van der Waals surface area contributed by atoms with Gasteiger partial charge in [0.2, 0.25) is 0 Å². The van der Waals surface area contributed by atoms with E-state index < -0.39 is 17.8 Å². The van der Waals surface area contributed by atoms with E-state index in [4.69, 9.17) is 0 Å². The number of barbiturate groups is 1. The second-order valence-corrected chi connectivity index (χ2v) is 15.6. The van der Waals surface area contributed by atoms with E-state index in [9.17, 15) is 14.4 Å². The molecule has 7 heteroatoms. The van der Waals surface area contributed by atoms with Gasteiger partial charge in [-0.3, -0.25) is 19.4 Å². The third-order valence-corrected chi connectivity index (χ3v) is 12.3. The number of hydrogen-bond donors (Lipinski definition) is 0. The number of hydrogen-bond acceptors (Lipinski definition) is 3. The molecule has 8 aromatic rings. The zero-order valence-electron chi connectivity index (χ0n) is 33.8. The van der Waals surface area contributed by atoms with Crippen molar-refractivity contribution in [2.24, 2.45) is 0 Å². The first-order valence-corrected chi connectivity index (χ1v) is 20.9. The molecule has 2 aromatic heterocycles. The zero-order chi connectivity index (χ0) is 40.9. The van der Waals surface area contributed by atoms with Crippen molar-refractivity contribution in [2.75, 3.05) is 0 Å². The van der Waals surface area contributed by atoms with Gasteiger partial charge in [0.15, 0.2) is 0 Å². The summed E-state index contributed by atoms with van der Waals surface area (Å²) >= 11 is 0. The Labute approximate surface area is 348 Å². The van der Waals surface area contributed by atoms with E-state index >= 15 is 0 Å². The van der Waals surface area contributed by atoms with Gasteiger partial charge in [-0.05, 0) is 89.6 Å². The Kier molecular flexibility index (Phi) is 9.36. The maximum atomic E-state index is 15.0. The minimum absolute atomic E-state index is 0.0292. The maximum absolute atomic E-state index is 15.0. The number of nitrogens with zero attached hydrogens (tertiary/aromatic N) is 4. The Morgan fingerprint density at radius 1 is 0.467 bits per heavy atom. The largest absolute Gasteiger partial charge is 0.341 e. The highest BCUT2D eigenvalue weighted by Crippen LogP contribution is 2.41. The van der Waals surface area contributed by atoms with Gasteiger partial charge in [0.05, 0.1) is 13.1 Å². The number of carbonyl (C=O) groups excluding carboxylic acids is 3. The van der Waals surface area contributed by atoms with Crippen LogP contribution in [0, 0.1) is 0 Å². The first-order chi connectivity index (χ1) is 29.4. The molecule has 294 valence electrons. The van der Waals surface area contributed by atoms with Crippen LogP contribution in [0.1, 0.15) is 37.8 Å². The Balaban J connectivity index is 1.21. The molecule has 2 aliphatic rings. The number of imide groups is 2.